The first-order chi connectivity index (χ1) is 8.99. The molecule has 0 radical (unpaired) electrons. The second kappa shape index (κ2) is 6.11. The topological polar surface area (TPSA) is 12.0 Å². The van der Waals surface area contributed by atoms with E-state index in [4.69, 9.17) is 0 Å². The fourth-order valence-corrected chi connectivity index (χ4v) is 3.65. The van der Waals surface area contributed by atoms with Crippen molar-refractivity contribution in [3.05, 3.63) is 55.7 Å². The predicted octanol–water partition coefficient (Wildman–Crippen LogP) is 4.60. The van der Waals surface area contributed by atoms with Gasteiger partial charge in [-0.1, -0.05) is 0 Å². The summed E-state index contributed by atoms with van der Waals surface area (Å²) < 4.78 is 27.5. The normalized spacial score (nSPS) is 12.7. The number of likely N-dealkylation sites (N-methyl/N-ethyl adjacent to an activating group) is 1. The van der Waals surface area contributed by atoms with Crippen LogP contribution < -0.4 is 5.32 Å². The fraction of sp³-hybridized carbons (Fsp3) is 0.286. The third kappa shape index (κ3) is 3.61. The molecule has 1 N–H and O–H groups in total. The van der Waals surface area contributed by atoms with Crippen molar-refractivity contribution < 1.29 is 8.78 Å². The van der Waals surface area contributed by atoms with Gasteiger partial charge in [0.05, 0.1) is 3.79 Å². The largest absolute Gasteiger partial charge is 0.312 e. The lowest BCUT2D eigenvalue weighted by Crippen LogP contribution is -2.17. The fourth-order valence-electron chi connectivity index (χ4n) is 1.96. The van der Waals surface area contributed by atoms with Crippen LogP contribution in [-0.4, -0.2) is 7.05 Å². The summed E-state index contributed by atoms with van der Waals surface area (Å²) >= 11 is 5.13. The molecule has 0 saturated carbocycles. The molecule has 1 unspecified atom stereocenters. The Bertz CT molecular complexity index is 543. The Kier molecular flexibility index (Phi) is 4.71. The lowest BCUT2D eigenvalue weighted by atomic mass is 10.0. The number of nitrogens with one attached hydrogen (secondary N) is 1. The van der Waals surface area contributed by atoms with E-state index < -0.39 is 11.6 Å². The minimum Gasteiger partial charge on any atom is -0.312 e. The first-order valence-corrected chi connectivity index (χ1v) is 7.48. The van der Waals surface area contributed by atoms with E-state index in [1.165, 1.54) is 17.7 Å². The van der Waals surface area contributed by atoms with Crippen LogP contribution in [0.15, 0.2) is 28.1 Å². The Hall–Kier alpha value is -0.780. The highest BCUT2D eigenvalue weighted by Crippen LogP contribution is 2.32. The molecule has 2 aromatic rings. The van der Waals surface area contributed by atoms with Gasteiger partial charge in [-0.25, -0.2) is 8.78 Å². The number of hydrogen-bond donors (Lipinski definition) is 1. The van der Waals surface area contributed by atoms with E-state index in [1.807, 2.05) is 14.0 Å². The average molecular weight is 346 g/mol. The van der Waals surface area contributed by atoms with Crippen molar-refractivity contribution in [2.24, 2.45) is 0 Å². The number of thiophene rings is 1. The van der Waals surface area contributed by atoms with Gasteiger partial charge in [0.15, 0.2) is 0 Å². The molecule has 1 nitrogen and oxygen atoms in total. The second-order valence-corrected chi connectivity index (χ2v) is 6.83. The van der Waals surface area contributed by atoms with E-state index in [1.54, 1.807) is 11.3 Å². The monoisotopic (exact) mass is 345 g/mol. The Morgan fingerprint density at radius 1 is 1.21 bits per heavy atom. The Balaban J connectivity index is 2.23. The molecule has 1 aromatic heterocycles. The molecule has 0 bridgehead atoms. The minimum absolute atomic E-state index is 0.0520. The van der Waals surface area contributed by atoms with E-state index in [0.717, 1.165) is 14.7 Å². The van der Waals surface area contributed by atoms with Gasteiger partial charge >= 0.3 is 0 Å². The van der Waals surface area contributed by atoms with Crippen LogP contribution in [0, 0.1) is 18.6 Å². The summed E-state index contributed by atoms with van der Waals surface area (Å²) in [6, 6.07) is 5.79. The van der Waals surface area contributed by atoms with Gasteiger partial charge in [-0.2, -0.15) is 0 Å². The van der Waals surface area contributed by atoms with Crippen molar-refractivity contribution in [2.45, 2.75) is 19.4 Å². The van der Waals surface area contributed by atoms with Crippen LogP contribution in [0.5, 0.6) is 0 Å². The van der Waals surface area contributed by atoms with Crippen LogP contribution in [0.2, 0.25) is 0 Å². The highest BCUT2D eigenvalue weighted by Gasteiger charge is 2.15. The molecule has 5 heteroatoms. The van der Waals surface area contributed by atoms with Crippen LogP contribution in [0.3, 0.4) is 0 Å². The molecule has 1 atom stereocenters. The highest BCUT2D eigenvalue weighted by atomic mass is 79.9. The SMILES string of the molecule is CNC(Cc1cc(F)cc(F)c1)c1cc(C)c(Br)s1. The van der Waals surface area contributed by atoms with E-state index >= 15 is 0 Å². The van der Waals surface area contributed by atoms with Crippen LogP contribution in [0.25, 0.3) is 0 Å². The molecular weight excluding hydrogens is 332 g/mol. The molecule has 19 heavy (non-hydrogen) atoms. The second-order valence-electron chi connectivity index (χ2n) is 4.43. The van der Waals surface area contributed by atoms with Crippen molar-refractivity contribution in [3.8, 4) is 0 Å². The van der Waals surface area contributed by atoms with Crippen molar-refractivity contribution in [1.82, 2.24) is 5.32 Å². The zero-order chi connectivity index (χ0) is 14.0. The standard InChI is InChI=1S/C14H14BrF2NS/c1-8-3-13(19-14(8)15)12(18-2)6-9-4-10(16)7-11(17)5-9/h3-5,7,12,18H,6H2,1-2H3. The Morgan fingerprint density at radius 3 is 2.32 bits per heavy atom. The maximum absolute atomic E-state index is 13.2. The lowest BCUT2D eigenvalue weighted by molar-refractivity contribution is 0.565. The summed E-state index contributed by atoms with van der Waals surface area (Å²) in [5, 5.41) is 3.19. The molecule has 0 aliphatic rings. The van der Waals surface area contributed by atoms with Gasteiger partial charge in [0, 0.05) is 17.0 Å². The quantitative estimate of drug-likeness (QED) is 0.853. The molecule has 1 aromatic carbocycles. The summed E-state index contributed by atoms with van der Waals surface area (Å²) in [6.45, 7) is 2.03. The van der Waals surface area contributed by atoms with Crippen LogP contribution in [-0.2, 0) is 6.42 Å². The number of aryl methyl sites for hydroxylation is 1. The molecule has 102 valence electrons. The van der Waals surface area contributed by atoms with Gasteiger partial charge < -0.3 is 5.32 Å². The van der Waals surface area contributed by atoms with Crippen LogP contribution >= 0.6 is 27.3 Å². The molecule has 0 aliphatic heterocycles. The molecule has 0 fully saturated rings. The van der Waals surface area contributed by atoms with E-state index in [9.17, 15) is 8.78 Å². The number of benzene rings is 1. The predicted molar refractivity (Wildman–Crippen MR) is 78.6 cm³/mol. The van der Waals surface area contributed by atoms with Gasteiger partial charge in [-0.15, -0.1) is 11.3 Å². The molecule has 2 rings (SSSR count). The zero-order valence-corrected chi connectivity index (χ0v) is 13.0. The van der Waals surface area contributed by atoms with Gasteiger partial charge in [-0.05, 0) is 65.6 Å². The molecule has 1 heterocycles. The zero-order valence-electron chi connectivity index (χ0n) is 10.6. The van der Waals surface area contributed by atoms with Crippen molar-refractivity contribution >= 4 is 27.3 Å². The third-order valence-corrected chi connectivity index (χ3v) is 5.18. The summed E-state index contributed by atoms with van der Waals surface area (Å²) in [5.74, 6) is -1.07. The van der Waals surface area contributed by atoms with Crippen molar-refractivity contribution in [3.63, 3.8) is 0 Å². The first-order valence-electron chi connectivity index (χ1n) is 5.87. The summed E-state index contributed by atoms with van der Waals surface area (Å²) in [4.78, 5) is 1.15. The van der Waals surface area contributed by atoms with Gasteiger partial charge in [-0.3, -0.25) is 0 Å². The van der Waals surface area contributed by atoms with Gasteiger partial charge in [0.25, 0.3) is 0 Å². The summed E-state index contributed by atoms with van der Waals surface area (Å²) in [7, 11) is 1.85. The molecule has 0 amide bonds. The molecule has 0 spiro atoms. The Labute approximate surface area is 123 Å². The van der Waals surface area contributed by atoms with Crippen LogP contribution in [0.4, 0.5) is 8.78 Å². The first kappa shape index (κ1) is 14.6. The van der Waals surface area contributed by atoms with Crippen molar-refractivity contribution in [2.75, 3.05) is 7.05 Å². The summed E-state index contributed by atoms with van der Waals surface area (Å²) in [6.07, 6.45) is 0.553. The van der Waals surface area contributed by atoms with E-state index in [2.05, 4.69) is 27.3 Å². The number of hydrogen-bond acceptors (Lipinski definition) is 2. The van der Waals surface area contributed by atoms with Crippen molar-refractivity contribution in [1.29, 1.82) is 0 Å². The van der Waals surface area contributed by atoms with Gasteiger partial charge in [0.1, 0.15) is 11.6 Å². The Morgan fingerprint density at radius 2 is 1.84 bits per heavy atom. The molecule has 0 aliphatic carbocycles. The maximum atomic E-state index is 13.2. The molecule has 0 saturated heterocycles. The van der Waals surface area contributed by atoms with Gasteiger partial charge in [0.2, 0.25) is 0 Å². The summed E-state index contributed by atoms with van der Waals surface area (Å²) in [5.41, 5.74) is 1.82. The van der Waals surface area contributed by atoms with Crippen LogP contribution in [0.1, 0.15) is 22.0 Å². The smallest absolute Gasteiger partial charge is 0.126 e. The maximum Gasteiger partial charge on any atom is 0.126 e. The number of rotatable bonds is 4. The minimum atomic E-state index is -0.534. The third-order valence-electron chi connectivity index (χ3n) is 2.93. The molecular formula is C14H14BrF2NS. The number of halogens is 3. The average Bonchev–Trinajstić information content (AvgIpc) is 2.65. The highest BCUT2D eigenvalue weighted by molar-refractivity contribution is 9.11. The van der Waals surface area contributed by atoms with E-state index in [0.29, 0.717) is 12.0 Å². The van der Waals surface area contributed by atoms with E-state index in [-0.39, 0.29) is 6.04 Å². The lowest BCUT2D eigenvalue weighted by Gasteiger charge is -2.14.